The molecule has 0 amide bonds. The highest BCUT2D eigenvalue weighted by atomic mass is 16.1. The SMILES string of the molecule is CCc1nn(C)cc1-c1c(C(C)=O)ccc2ccccc12. The minimum Gasteiger partial charge on any atom is -0.294 e. The van der Waals surface area contributed by atoms with Gasteiger partial charge in [-0.2, -0.15) is 5.10 Å². The van der Waals surface area contributed by atoms with E-state index in [0.29, 0.717) is 0 Å². The average Bonchev–Trinajstić information content (AvgIpc) is 2.86. The van der Waals surface area contributed by atoms with Crippen molar-refractivity contribution in [3.05, 3.63) is 53.9 Å². The van der Waals surface area contributed by atoms with Crippen LogP contribution in [0, 0.1) is 0 Å². The second-order valence-electron chi connectivity index (χ2n) is 5.28. The molecule has 3 heteroatoms. The maximum atomic E-state index is 12.1. The molecule has 0 aliphatic carbocycles. The Morgan fingerprint density at radius 3 is 2.67 bits per heavy atom. The van der Waals surface area contributed by atoms with Crippen LogP contribution in [0.3, 0.4) is 0 Å². The molecule has 0 N–H and O–H groups in total. The second kappa shape index (κ2) is 5.17. The molecule has 0 aliphatic heterocycles. The molecule has 0 fully saturated rings. The molecule has 0 spiro atoms. The van der Waals surface area contributed by atoms with E-state index in [-0.39, 0.29) is 5.78 Å². The van der Waals surface area contributed by atoms with E-state index in [2.05, 4.69) is 24.2 Å². The van der Waals surface area contributed by atoms with E-state index in [1.165, 1.54) is 0 Å². The molecule has 1 aromatic heterocycles. The number of hydrogen-bond acceptors (Lipinski definition) is 2. The van der Waals surface area contributed by atoms with Gasteiger partial charge < -0.3 is 0 Å². The van der Waals surface area contributed by atoms with Gasteiger partial charge in [-0.3, -0.25) is 9.48 Å². The van der Waals surface area contributed by atoms with Crippen LogP contribution in [-0.4, -0.2) is 15.6 Å². The molecule has 3 rings (SSSR count). The quantitative estimate of drug-likeness (QED) is 0.679. The van der Waals surface area contributed by atoms with Gasteiger partial charge in [0.15, 0.2) is 5.78 Å². The fraction of sp³-hybridized carbons (Fsp3) is 0.222. The van der Waals surface area contributed by atoms with Crippen LogP contribution < -0.4 is 0 Å². The van der Waals surface area contributed by atoms with Gasteiger partial charge in [0.1, 0.15) is 0 Å². The summed E-state index contributed by atoms with van der Waals surface area (Å²) in [6.07, 6.45) is 2.85. The summed E-state index contributed by atoms with van der Waals surface area (Å²) in [5.74, 6) is 0.0849. The van der Waals surface area contributed by atoms with Gasteiger partial charge in [-0.15, -0.1) is 0 Å². The lowest BCUT2D eigenvalue weighted by Crippen LogP contribution is -1.98. The van der Waals surface area contributed by atoms with E-state index >= 15 is 0 Å². The number of aryl methyl sites for hydroxylation is 2. The number of carbonyl (C=O) groups is 1. The number of Topliss-reactive ketones (excluding diaryl/α,β-unsaturated/α-hetero) is 1. The van der Waals surface area contributed by atoms with Crippen molar-refractivity contribution in [1.29, 1.82) is 0 Å². The van der Waals surface area contributed by atoms with Crippen LogP contribution in [0.25, 0.3) is 21.9 Å². The number of carbonyl (C=O) groups excluding carboxylic acids is 1. The number of aromatic nitrogens is 2. The van der Waals surface area contributed by atoms with Gasteiger partial charge >= 0.3 is 0 Å². The predicted molar refractivity (Wildman–Crippen MR) is 85.5 cm³/mol. The third-order valence-corrected chi connectivity index (χ3v) is 3.82. The molecule has 3 aromatic rings. The summed E-state index contributed by atoms with van der Waals surface area (Å²) in [5.41, 5.74) is 3.85. The van der Waals surface area contributed by atoms with E-state index in [9.17, 15) is 4.79 Å². The van der Waals surface area contributed by atoms with Crippen LogP contribution >= 0.6 is 0 Å². The summed E-state index contributed by atoms with van der Waals surface area (Å²) >= 11 is 0. The number of fused-ring (bicyclic) bond motifs is 1. The van der Waals surface area contributed by atoms with Crippen LogP contribution in [-0.2, 0) is 13.5 Å². The molecule has 0 saturated heterocycles. The van der Waals surface area contributed by atoms with Gasteiger partial charge in [-0.25, -0.2) is 0 Å². The van der Waals surface area contributed by atoms with E-state index in [1.807, 2.05) is 42.2 Å². The Kier molecular flexibility index (Phi) is 3.34. The predicted octanol–water partition coefficient (Wildman–Crippen LogP) is 4.01. The molecule has 0 radical (unpaired) electrons. The smallest absolute Gasteiger partial charge is 0.160 e. The Balaban J connectivity index is 2.43. The number of ketones is 1. The molecule has 2 aromatic carbocycles. The van der Waals surface area contributed by atoms with Gasteiger partial charge in [0, 0.05) is 29.9 Å². The molecule has 1 heterocycles. The maximum absolute atomic E-state index is 12.1. The average molecular weight is 278 g/mol. The Labute approximate surface area is 124 Å². The number of nitrogens with zero attached hydrogens (tertiary/aromatic N) is 2. The van der Waals surface area contributed by atoms with Crippen molar-refractivity contribution in [2.45, 2.75) is 20.3 Å². The summed E-state index contributed by atoms with van der Waals surface area (Å²) in [4.78, 5) is 12.1. The zero-order valence-corrected chi connectivity index (χ0v) is 12.6. The van der Waals surface area contributed by atoms with Gasteiger partial charge in [-0.1, -0.05) is 43.3 Å². The van der Waals surface area contributed by atoms with Gasteiger partial charge in [0.05, 0.1) is 5.69 Å². The largest absolute Gasteiger partial charge is 0.294 e. The molecule has 3 nitrogen and oxygen atoms in total. The number of hydrogen-bond donors (Lipinski definition) is 0. The van der Waals surface area contributed by atoms with Crippen LogP contribution in [0.5, 0.6) is 0 Å². The second-order valence-corrected chi connectivity index (χ2v) is 5.28. The van der Waals surface area contributed by atoms with Crippen molar-refractivity contribution in [1.82, 2.24) is 9.78 Å². The fourth-order valence-corrected chi connectivity index (χ4v) is 2.86. The zero-order chi connectivity index (χ0) is 15.0. The lowest BCUT2D eigenvalue weighted by atomic mass is 9.91. The van der Waals surface area contributed by atoms with Crippen LogP contribution in [0.15, 0.2) is 42.6 Å². The molecular weight excluding hydrogens is 260 g/mol. The normalized spacial score (nSPS) is 11.0. The number of benzene rings is 2. The van der Waals surface area contributed by atoms with Crippen molar-refractivity contribution in [2.75, 3.05) is 0 Å². The van der Waals surface area contributed by atoms with Gasteiger partial charge in [0.2, 0.25) is 0 Å². The van der Waals surface area contributed by atoms with Crippen molar-refractivity contribution in [3.63, 3.8) is 0 Å². The molecule has 106 valence electrons. The number of rotatable bonds is 3. The van der Waals surface area contributed by atoms with E-state index in [1.54, 1.807) is 6.92 Å². The molecule has 0 bridgehead atoms. The van der Waals surface area contributed by atoms with Crippen LogP contribution in [0.4, 0.5) is 0 Å². The summed E-state index contributed by atoms with van der Waals surface area (Å²) < 4.78 is 1.82. The highest BCUT2D eigenvalue weighted by Gasteiger charge is 2.17. The van der Waals surface area contributed by atoms with Crippen molar-refractivity contribution in [3.8, 4) is 11.1 Å². The minimum absolute atomic E-state index is 0.0849. The molecule has 0 atom stereocenters. The Bertz CT molecular complexity index is 830. The van der Waals surface area contributed by atoms with Gasteiger partial charge in [-0.05, 0) is 24.1 Å². The monoisotopic (exact) mass is 278 g/mol. The maximum Gasteiger partial charge on any atom is 0.160 e. The Hall–Kier alpha value is -2.42. The zero-order valence-electron chi connectivity index (χ0n) is 12.6. The molecule has 0 saturated carbocycles. The minimum atomic E-state index is 0.0849. The third-order valence-electron chi connectivity index (χ3n) is 3.82. The van der Waals surface area contributed by atoms with Gasteiger partial charge in [0.25, 0.3) is 0 Å². The summed E-state index contributed by atoms with van der Waals surface area (Å²) in [6, 6.07) is 12.1. The van der Waals surface area contributed by atoms with Crippen molar-refractivity contribution >= 4 is 16.6 Å². The fourth-order valence-electron chi connectivity index (χ4n) is 2.86. The first kappa shape index (κ1) is 13.6. The third kappa shape index (κ3) is 2.25. The highest BCUT2D eigenvalue weighted by molar-refractivity contribution is 6.10. The highest BCUT2D eigenvalue weighted by Crippen LogP contribution is 2.34. The first-order chi connectivity index (χ1) is 10.1. The molecule has 0 aliphatic rings. The first-order valence-corrected chi connectivity index (χ1v) is 7.17. The Morgan fingerprint density at radius 2 is 1.95 bits per heavy atom. The standard InChI is InChI=1S/C18H18N2O/c1-4-17-16(11-20(3)19-17)18-14(12(2)21)10-9-13-7-5-6-8-15(13)18/h5-11H,4H2,1-3H3. The topological polar surface area (TPSA) is 34.9 Å². The van der Waals surface area contributed by atoms with Crippen LogP contribution in [0.2, 0.25) is 0 Å². The van der Waals surface area contributed by atoms with E-state index in [4.69, 9.17) is 0 Å². The lowest BCUT2D eigenvalue weighted by Gasteiger charge is -2.11. The lowest BCUT2D eigenvalue weighted by molar-refractivity contribution is 0.101. The summed E-state index contributed by atoms with van der Waals surface area (Å²) in [6.45, 7) is 3.71. The Morgan fingerprint density at radius 1 is 1.19 bits per heavy atom. The molecule has 0 unspecified atom stereocenters. The van der Waals surface area contributed by atoms with E-state index < -0.39 is 0 Å². The van der Waals surface area contributed by atoms with Crippen molar-refractivity contribution in [2.24, 2.45) is 7.05 Å². The molecule has 21 heavy (non-hydrogen) atoms. The summed E-state index contributed by atoms with van der Waals surface area (Å²) in [5, 5.41) is 6.76. The van der Waals surface area contributed by atoms with Crippen molar-refractivity contribution < 1.29 is 4.79 Å². The van der Waals surface area contributed by atoms with E-state index in [0.717, 1.165) is 39.6 Å². The first-order valence-electron chi connectivity index (χ1n) is 7.17. The molecular formula is C18H18N2O. The van der Waals surface area contributed by atoms with Crippen LogP contribution in [0.1, 0.15) is 29.9 Å². The summed E-state index contributed by atoms with van der Waals surface area (Å²) in [7, 11) is 1.92.